The zero-order chi connectivity index (χ0) is 18.1. The third-order valence-electron chi connectivity index (χ3n) is 3.44. The molecule has 1 aliphatic rings. The lowest BCUT2D eigenvalue weighted by atomic mass is 10.1. The summed E-state index contributed by atoms with van der Waals surface area (Å²) >= 11 is 14.2. The highest BCUT2D eigenvalue weighted by Crippen LogP contribution is 2.25. The quantitative estimate of drug-likeness (QED) is 0.436. The standard InChI is InChI=1S/C17H9BrClFN2O2S/c18-10-1-6-14(20)9(7-10)8-13-15(23)21-17(25)22(16(13)24)12-4-2-11(19)3-5-12/h1-8H,(H,21,23,25). The van der Waals surface area contributed by atoms with E-state index in [1.54, 1.807) is 24.3 Å². The van der Waals surface area contributed by atoms with E-state index < -0.39 is 17.6 Å². The molecule has 25 heavy (non-hydrogen) atoms. The maximum atomic E-state index is 14.0. The van der Waals surface area contributed by atoms with Crippen LogP contribution in [0.15, 0.2) is 52.5 Å². The van der Waals surface area contributed by atoms with Gasteiger partial charge >= 0.3 is 0 Å². The van der Waals surface area contributed by atoms with E-state index >= 15 is 0 Å². The molecule has 2 aromatic rings. The van der Waals surface area contributed by atoms with Gasteiger partial charge in [-0.25, -0.2) is 4.39 Å². The lowest BCUT2D eigenvalue weighted by Gasteiger charge is -2.29. The molecule has 1 aliphatic heterocycles. The van der Waals surface area contributed by atoms with Crippen LogP contribution in [0.3, 0.4) is 0 Å². The molecule has 0 atom stereocenters. The van der Waals surface area contributed by atoms with Crippen molar-refractivity contribution in [3.05, 3.63) is 68.9 Å². The SMILES string of the molecule is O=C1NC(=S)N(c2ccc(Cl)cc2)C(=O)C1=Cc1cc(Br)ccc1F. The van der Waals surface area contributed by atoms with Gasteiger partial charge in [-0.05, 0) is 60.8 Å². The number of hydrogen-bond donors (Lipinski definition) is 1. The smallest absolute Gasteiger partial charge is 0.270 e. The fourth-order valence-corrected chi connectivity index (χ4v) is 3.05. The Morgan fingerprint density at radius 1 is 1.16 bits per heavy atom. The molecule has 3 rings (SSSR count). The van der Waals surface area contributed by atoms with Crippen molar-refractivity contribution in [2.45, 2.75) is 0 Å². The molecule has 2 aromatic carbocycles. The summed E-state index contributed by atoms with van der Waals surface area (Å²) in [6.45, 7) is 0. The van der Waals surface area contributed by atoms with E-state index in [0.29, 0.717) is 15.2 Å². The molecule has 8 heteroatoms. The zero-order valence-corrected chi connectivity index (χ0v) is 15.6. The minimum absolute atomic E-state index is 0.0517. The first-order valence-electron chi connectivity index (χ1n) is 6.99. The van der Waals surface area contributed by atoms with Gasteiger partial charge in [-0.3, -0.25) is 19.8 Å². The monoisotopic (exact) mass is 438 g/mol. The summed E-state index contributed by atoms with van der Waals surface area (Å²) < 4.78 is 14.6. The first kappa shape index (κ1) is 17.7. The molecule has 126 valence electrons. The molecular weight excluding hydrogens is 431 g/mol. The van der Waals surface area contributed by atoms with Crippen LogP contribution in [0.4, 0.5) is 10.1 Å². The lowest BCUT2D eigenvalue weighted by Crippen LogP contribution is -2.54. The molecule has 0 aliphatic carbocycles. The van der Waals surface area contributed by atoms with Gasteiger partial charge in [-0.15, -0.1) is 0 Å². The van der Waals surface area contributed by atoms with Crippen LogP contribution in [0, 0.1) is 5.82 Å². The van der Waals surface area contributed by atoms with Crippen molar-refractivity contribution >= 4 is 68.4 Å². The number of anilines is 1. The van der Waals surface area contributed by atoms with Crippen LogP contribution in [-0.4, -0.2) is 16.9 Å². The van der Waals surface area contributed by atoms with Crippen LogP contribution >= 0.6 is 39.7 Å². The number of nitrogens with zero attached hydrogens (tertiary/aromatic N) is 1. The number of nitrogens with one attached hydrogen (secondary N) is 1. The molecule has 1 N–H and O–H groups in total. The predicted octanol–water partition coefficient (Wildman–Crippen LogP) is 4.07. The Balaban J connectivity index is 2.05. The van der Waals surface area contributed by atoms with Crippen molar-refractivity contribution in [1.82, 2.24) is 5.32 Å². The number of hydrogen-bond acceptors (Lipinski definition) is 3. The second kappa shape index (κ2) is 7.03. The number of carbonyl (C=O) groups excluding carboxylic acids is 2. The zero-order valence-electron chi connectivity index (χ0n) is 12.4. The maximum Gasteiger partial charge on any atom is 0.270 e. The Kier molecular flexibility index (Phi) is 4.99. The summed E-state index contributed by atoms with van der Waals surface area (Å²) in [5, 5.41) is 2.88. The summed E-state index contributed by atoms with van der Waals surface area (Å²) in [5.74, 6) is -1.88. The Morgan fingerprint density at radius 2 is 1.84 bits per heavy atom. The summed E-state index contributed by atoms with van der Waals surface area (Å²) in [6.07, 6.45) is 1.20. The molecule has 1 saturated heterocycles. The maximum absolute atomic E-state index is 14.0. The van der Waals surface area contributed by atoms with Crippen LogP contribution in [0.5, 0.6) is 0 Å². The average molecular weight is 440 g/mol. The minimum Gasteiger partial charge on any atom is -0.298 e. The van der Waals surface area contributed by atoms with Gasteiger partial charge < -0.3 is 0 Å². The number of halogens is 3. The van der Waals surface area contributed by atoms with Gasteiger partial charge in [-0.2, -0.15) is 0 Å². The number of amides is 2. The fraction of sp³-hybridized carbons (Fsp3) is 0. The van der Waals surface area contributed by atoms with Crippen LogP contribution in [0.25, 0.3) is 6.08 Å². The normalized spacial score (nSPS) is 16.4. The molecule has 1 heterocycles. The van der Waals surface area contributed by atoms with E-state index in [0.717, 1.165) is 4.90 Å². The Bertz CT molecular complexity index is 931. The first-order valence-corrected chi connectivity index (χ1v) is 8.57. The Hall–Kier alpha value is -2.09. The van der Waals surface area contributed by atoms with Gasteiger partial charge in [0.25, 0.3) is 11.8 Å². The van der Waals surface area contributed by atoms with Gasteiger partial charge in [0, 0.05) is 15.1 Å². The second-order valence-electron chi connectivity index (χ2n) is 5.10. The highest BCUT2D eigenvalue weighted by Gasteiger charge is 2.34. The summed E-state index contributed by atoms with van der Waals surface area (Å²) in [7, 11) is 0. The van der Waals surface area contributed by atoms with Crippen LogP contribution in [0.1, 0.15) is 5.56 Å². The number of rotatable bonds is 2. The average Bonchev–Trinajstić information content (AvgIpc) is 2.56. The van der Waals surface area contributed by atoms with Crippen molar-refractivity contribution < 1.29 is 14.0 Å². The predicted molar refractivity (Wildman–Crippen MR) is 102 cm³/mol. The molecule has 1 fully saturated rings. The number of carbonyl (C=O) groups is 2. The topological polar surface area (TPSA) is 49.4 Å². The molecule has 4 nitrogen and oxygen atoms in total. The van der Waals surface area contributed by atoms with Crippen LogP contribution in [-0.2, 0) is 9.59 Å². The molecule has 2 amide bonds. The van der Waals surface area contributed by atoms with Crippen molar-refractivity contribution in [1.29, 1.82) is 0 Å². The van der Waals surface area contributed by atoms with E-state index in [1.165, 1.54) is 24.3 Å². The van der Waals surface area contributed by atoms with E-state index in [9.17, 15) is 14.0 Å². The Labute approximate surface area is 161 Å². The van der Waals surface area contributed by atoms with Crippen LogP contribution < -0.4 is 10.2 Å². The summed E-state index contributed by atoms with van der Waals surface area (Å²) in [5.41, 5.74) is 0.331. The van der Waals surface area contributed by atoms with Crippen molar-refractivity contribution in [3.8, 4) is 0 Å². The van der Waals surface area contributed by atoms with E-state index in [2.05, 4.69) is 21.2 Å². The molecule has 0 bridgehead atoms. The number of thiocarbonyl (C=S) groups is 1. The van der Waals surface area contributed by atoms with Crippen molar-refractivity contribution in [3.63, 3.8) is 0 Å². The second-order valence-corrected chi connectivity index (χ2v) is 6.84. The number of benzene rings is 2. The molecular formula is C17H9BrClFN2O2S. The van der Waals surface area contributed by atoms with Gasteiger partial charge in [0.2, 0.25) is 0 Å². The minimum atomic E-state index is -0.681. The summed E-state index contributed by atoms with van der Waals surface area (Å²) in [6, 6.07) is 10.6. The highest BCUT2D eigenvalue weighted by molar-refractivity contribution is 9.10. The third kappa shape index (κ3) is 3.63. The molecule has 0 radical (unpaired) electrons. The van der Waals surface area contributed by atoms with Gasteiger partial charge in [0.1, 0.15) is 11.4 Å². The highest BCUT2D eigenvalue weighted by atomic mass is 79.9. The van der Waals surface area contributed by atoms with Gasteiger partial charge in [0.05, 0.1) is 5.69 Å². The molecule has 0 aromatic heterocycles. The Morgan fingerprint density at radius 3 is 2.52 bits per heavy atom. The van der Waals surface area contributed by atoms with Crippen LogP contribution in [0.2, 0.25) is 5.02 Å². The largest absolute Gasteiger partial charge is 0.298 e. The van der Waals surface area contributed by atoms with Crippen molar-refractivity contribution in [2.75, 3.05) is 4.90 Å². The molecule has 0 saturated carbocycles. The molecule has 0 spiro atoms. The lowest BCUT2D eigenvalue weighted by molar-refractivity contribution is -0.122. The molecule has 0 unspecified atom stereocenters. The van der Waals surface area contributed by atoms with Crippen molar-refractivity contribution in [2.24, 2.45) is 0 Å². The first-order chi connectivity index (χ1) is 11.9. The third-order valence-corrected chi connectivity index (χ3v) is 4.47. The van der Waals surface area contributed by atoms with E-state index in [4.69, 9.17) is 23.8 Å². The summed E-state index contributed by atoms with van der Waals surface area (Å²) in [4.78, 5) is 26.1. The van der Waals surface area contributed by atoms with Gasteiger partial charge in [-0.1, -0.05) is 27.5 Å². The van der Waals surface area contributed by atoms with Gasteiger partial charge in [0.15, 0.2) is 5.11 Å². The fourth-order valence-electron chi connectivity index (χ4n) is 2.26. The van der Waals surface area contributed by atoms with E-state index in [1.807, 2.05) is 0 Å². The van der Waals surface area contributed by atoms with E-state index in [-0.39, 0.29) is 16.2 Å².